The highest BCUT2D eigenvalue weighted by Crippen LogP contribution is 2.28. The van der Waals surface area contributed by atoms with Crippen LogP contribution in [-0.4, -0.2) is 21.8 Å². The summed E-state index contributed by atoms with van der Waals surface area (Å²) in [6, 6.07) is 19.8. The molecule has 6 nitrogen and oxygen atoms in total. The van der Waals surface area contributed by atoms with E-state index in [1.165, 1.54) is 54.7 Å². The number of hydrogen-bond acceptors (Lipinski definition) is 6. The van der Waals surface area contributed by atoms with Crippen LogP contribution in [-0.2, 0) is 19.7 Å². The smallest absolute Gasteiger partial charge is 0.219 e. The summed E-state index contributed by atoms with van der Waals surface area (Å²) in [4.78, 5) is 3.79. The van der Waals surface area contributed by atoms with Crippen molar-refractivity contribution in [3.8, 4) is 0 Å². The minimum atomic E-state index is -4.29. The van der Waals surface area contributed by atoms with Crippen LogP contribution in [0.4, 0.5) is 5.82 Å². The standard InChI is InChI=1S/C19H16N2O4S2/c22-26(23,16-9-3-1-4-10-16)19(15-21-18-13-7-8-14-20-18)27(24,25)17-11-5-2-6-12-17/h1-15H,(H,20,21). The van der Waals surface area contributed by atoms with Gasteiger partial charge in [-0.25, -0.2) is 21.8 Å². The molecule has 0 aliphatic carbocycles. The Hall–Kier alpha value is -2.97. The van der Waals surface area contributed by atoms with Crippen LogP contribution in [0.1, 0.15) is 0 Å². The Kier molecular flexibility index (Phi) is 5.38. The highest BCUT2D eigenvalue weighted by molar-refractivity contribution is 8.14. The van der Waals surface area contributed by atoms with Gasteiger partial charge in [-0.2, -0.15) is 0 Å². The molecule has 0 aliphatic heterocycles. The lowest BCUT2D eigenvalue weighted by atomic mass is 10.4. The Morgan fingerprint density at radius 1 is 0.704 bits per heavy atom. The van der Waals surface area contributed by atoms with Crippen molar-refractivity contribution < 1.29 is 16.8 Å². The van der Waals surface area contributed by atoms with E-state index >= 15 is 0 Å². The average molecular weight is 400 g/mol. The second kappa shape index (κ2) is 7.73. The number of rotatable bonds is 6. The maximum absolute atomic E-state index is 13.1. The van der Waals surface area contributed by atoms with E-state index in [1.54, 1.807) is 30.3 Å². The first-order valence-electron chi connectivity index (χ1n) is 7.90. The van der Waals surface area contributed by atoms with Crippen LogP contribution in [0, 0.1) is 0 Å². The summed E-state index contributed by atoms with van der Waals surface area (Å²) in [5.74, 6) is 0.321. The summed E-state index contributed by atoms with van der Waals surface area (Å²) in [5, 5.41) is 2.67. The lowest BCUT2D eigenvalue weighted by Crippen LogP contribution is -2.16. The molecule has 1 aromatic heterocycles. The second-order valence-electron chi connectivity index (χ2n) is 5.46. The highest BCUT2D eigenvalue weighted by Gasteiger charge is 2.33. The third-order valence-corrected chi connectivity index (χ3v) is 8.04. The molecule has 0 aliphatic rings. The molecule has 3 rings (SSSR count). The summed E-state index contributed by atoms with van der Waals surface area (Å²) in [7, 11) is -8.59. The van der Waals surface area contributed by atoms with Crippen LogP contribution in [0.3, 0.4) is 0 Å². The molecule has 0 radical (unpaired) electrons. The molecule has 3 aromatic rings. The van der Waals surface area contributed by atoms with E-state index in [9.17, 15) is 16.8 Å². The van der Waals surface area contributed by atoms with Gasteiger partial charge < -0.3 is 5.32 Å². The van der Waals surface area contributed by atoms with Crippen molar-refractivity contribution >= 4 is 25.5 Å². The maximum Gasteiger partial charge on any atom is 0.219 e. The van der Waals surface area contributed by atoms with Gasteiger partial charge in [0.15, 0.2) is 4.24 Å². The number of benzene rings is 2. The van der Waals surface area contributed by atoms with Crippen molar-refractivity contribution in [3.63, 3.8) is 0 Å². The number of nitrogens with zero attached hydrogens (tertiary/aromatic N) is 1. The fourth-order valence-corrected chi connectivity index (χ4v) is 5.97. The van der Waals surface area contributed by atoms with Gasteiger partial charge in [-0.3, -0.25) is 0 Å². The normalized spacial score (nSPS) is 11.6. The van der Waals surface area contributed by atoms with Gasteiger partial charge in [-0.1, -0.05) is 42.5 Å². The topological polar surface area (TPSA) is 93.2 Å². The van der Waals surface area contributed by atoms with E-state index in [0.29, 0.717) is 5.82 Å². The summed E-state index contributed by atoms with van der Waals surface area (Å²) in [6.07, 6.45) is 2.47. The zero-order valence-corrected chi connectivity index (χ0v) is 15.7. The van der Waals surface area contributed by atoms with Crippen molar-refractivity contribution in [2.75, 3.05) is 5.32 Å². The Labute approximate surface area is 158 Å². The van der Waals surface area contributed by atoms with Gasteiger partial charge in [0, 0.05) is 12.4 Å². The molecule has 8 heteroatoms. The van der Waals surface area contributed by atoms with Gasteiger partial charge in [0.05, 0.1) is 9.79 Å². The maximum atomic E-state index is 13.1. The second-order valence-corrected chi connectivity index (χ2v) is 9.55. The van der Waals surface area contributed by atoms with Crippen molar-refractivity contribution in [1.29, 1.82) is 0 Å². The van der Waals surface area contributed by atoms with Crippen LogP contribution in [0.15, 0.2) is 105 Å². The van der Waals surface area contributed by atoms with Crippen molar-refractivity contribution in [2.45, 2.75) is 9.79 Å². The average Bonchev–Trinajstić information content (AvgIpc) is 2.70. The number of aromatic nitrogens is 1. The Morgan fingerprint density at radius 3 is 1.63 bits per heavy atom. The van der Waals surface area contributed by atoms with Gasteiger partial charge in [0.2, 0.25) is 19.7 Å². The molecule has 0 saturated heterocycles. The molecular formula is C19H16N2O4S2. The molecule has 27 heavy (non-hydrogen) atoms. The molecule has 0 spiro atoms. The highest BCUT2D eigenvalue weighted by atomic mass is 32.3. The van der Waals surface area contributed by atoms with Crippen LogP contribution in [0.5, 0.6) is 0 Å². The van der Waals surface area contributed by atoms with Crippen LogP contribution in [0.2, 0.25) is 0 Å². The van der Waals surface area contributed by atoms with Crippen molar-refractivity contribution in [3.05, 3.63) is 95.5 Å². The quantitative estimate of drug-likeness (QED) is 0.683. The predicted octanol–water partition coefficient (Wildman–Crippen LogP) is 3.24. The SMILES string of the molecule is O=S(=O)(C(=CNc1ccccn1)S(=O)(=O)c1ccccc1)c1ccccc1. The lowest BCUT2D eigenvalue weighted by Gasteiger charge is -2.11. The molecule has 2 aromatic carbocycles. The van der Waals surface area contributed by atoms with Gasteiger partial charge in [0.1, 0.15) is 5.82 Å². The van der Waals surface area contributed by atoms with E-state index in [2.05, 4.69) is 10.3 Å². The van der Waals surface area contributed by atoms with Crippen molar-refractivity contribution in [2.24, 2.45) is 0 Å². The fourth-order valence-electron chi connectivity index (χ4n) is 2.31. The number of nitrogens with one attached hydrogen (secondary N) is 1. The molecular weight excluding hydrogens is 384 g/mol. The summed E-state index contributed by atoms with van der Waals surface area (Å²) >= 11 is 0. The zero-order valence-electron chi connectivity index (χ0n) is 14.1. The van der Waals surface area contributed by atoms with Crippen LogP contribution >= 0.6 is 0 Å². The lowest BCUT2D eigenvalue weighted by molar-refractivity contribution is 0.595. The summed E-state index contributed by atoms with van der Waals surface area (Å²) in [6.45, 7) is 0. The molecule has 0 saturated carbocycles. The predicted molar refractivity (Wildman–Crippen MR) is 103 cm³/mol. The monoisotopic (exact) mass is 400 g/mol. The Balaban J connectivity index is 2.15. The molecule has 0 atom stereocenters. The largest absolute Gasteiger partial charge is 0.345 e. The van der Waals surface area contributed by atoms with Crippen molar-refractivity contribution in [1.82, 2.24) is 4.98 Å². The minimum Gasteiger partial charge on any atom is -0.345 e. The Bertz CT molecular complexity index is 1070. The van der Waals surface area contributed by atoms with E-state index in [0.717, 1.165) is 6.20 Å². The number of pyridine rings is 1. The van der Waals surface area contributed by atoms with Gasteiger partial charge in [0.25, 0.3) is 0 Å². The van der Waals surface area contributed by atoms with Crippen LogP contribution < -0.4 is 5.32 Å². The van der Waals surface area contributed by atoms with E-state index < -0.39 is 23.9 Å². The molecule has 0 amide bonds. The number of sulfone groups is 2. The van der Waals surface area contributed by atoms with E-state index in [4.69, 9.17) is 0 Å². The first-order valence-corrected chi connectivity index (χ1v) is 10.9. The third kappa shape index (κ3) is 4.07. The Morgan fingerprint density at radius 2 is 1.19 bits per heavy atom. The van der Waals surface area contributed by atoms with Crippen LogP contribution in [0.25, 0.3) is 0 Å². The van der Waals surface area contributed by atoms with Gasteiger partial charge >= 0.3 is 0 Å². The van der Waals surface area contributed by atoms with E-state index in [1.807, 2.05) is 0 Å². The molecule has 1 heterocycles. The van der Waals surface area contributed by atoms with E-state index in [-0.39, 0.29) is 9.79 Å². The van der Waals surface area contributed by atoms with Gasteiger partial charge in [-0.15, -0.1) is 0 Å². The number of anilines is 1. The fraction of sp³-hybridized carbons (Fsp3) is 0. The minimum absolute atomic E-state index is 0.112. The zero-order chi connectivity index (χ0) is 19.3. The summed E-state index contributed by atoms with van der Waals surface area (Å²) < 4.78 is 51.5. The molecule has 0 bridgehead atoms. The first kappa shape index (κ1) is 18.8. The van der Waals surface area contributed by atoms with Gasteiger partial charge in [-0.05, 0) is 36.4 Å². The molecule has 1 N–H and O–H groups in total. The number of hydrogen-bond donors (Lipinski definition) is 1. The molecule has 0 unspecified atom stereocenters. The first-order chi connectivity index (χ1) is 12.9. The summed E-state index contributed by atoms with van der Waals surface area (Å²) in [5.41, 5.74) is 0. The molecule has 0 fully saturated rings. The molecule has 138 valence electrons. The third-order valence-electron chi connectivity index (χ3n) is 3.64.